The second kappa shape index (κ2) is 5.41. The second-order valence-electron chi connectivity index (χ2n) is 5.68. The predicted octanol–water partition coefficient (Wildman–Crippen LogP) is 1.65. The Balaban J connectivity index is 1.68. The van der Waals surface area contributed by atoms with E-state index in [1.165, 1.54) is 17.5 Å². The molecule has 0 spiro atoms. The molecule has 8 heteroatoms. The standard InChI is InChI=1S/C16H16N8/c1-10-4-3-5-13(11(10)2)24-7-12(21-22-24)6-23-9-20-14-15(17)18-8-19-16(14)23/h3-5,7-9H,6H2,1-2H3,(H2,17,18,19). The molecule has 0 aliphatic rings. The minimum Gasteiger partial charge on any atom is -0.382 e. The molecule has 120 valence electrons. The number of nitrogens with two attached hydrogens (primary N) is 1. The van der Waals surface area contributed by atoms with Crippen LogP contribution < -0.4 is 5.73 Å². The molecule has 0 unspecified atom stereocenters. The van der Waals surface area contributed by atoms with E-state index in [-0.39, 0.29) is 0 Å². The summed E-state index contributed by atoms with van der Waals surface area (Å²) in [5.41, 5.74) is 11.3. The molecule has 0 saturated carbocycles. The number of benzene rings is 1. The number of fused-ring (bicyclic) bond motifs is 1. The van der Waals surface area contributed by atoms with Gasteiger partial charge in [-0.15, -0.1) is 5.10 Å². The van der Waals surface area contributed by atoms with Gasteiger partial charge < -0.3 is 10.3 Å². The largest absolute Gasteiger partial charge is 0.382 e. The smallest absolute Gasteiger partial charge is 0.165 e. The third-order valence-electron chi connectivity index (χ3n) is 4.13. The van der Waals surface area contributed by atoms with Crippen molar-refractivity contribution in [2.45, 2.75) is 20.4 Å². The molecule has 0 bridgehead atoms. The number of hydrogen-bond acceptors (Lipinski definition) is 6. The van der Waals surface area contributed by atoms with Crippen LogP contribution in [0.5, 0.6) is 0 Å². The fourth-order valence-corrected chi connectivity index (χ4v) is 2.66. The highest BCUT2D eigenvalue weighted by Gasteiger charge is 2.11. The maximum absolute atomic E-state index is 5.81. The molecule has 24 heavy (non-hydrogen) atoms. The summed E-state index contributed by atoms with van der Waals surface area (Å²) in [7, 11) is 0. The van der Waals surface area contributed by atoms with E-state index in [2.05, 4.69) is 45.2 Å². The van der Waals surface area contributed by atoms with Gasteiger partial charge in [0, 0.05) is 0 Å². The number of imidazole rings is 1. The van der Waals surface area contributed by atoms with Gasteiger partial charge in [0.15, 0.2) is 11.5 Å². The molecule has 3 aromatic heterocycles. The molecule has 0 fully saturated rings. The lowest BCUT2D eigenvalue weighted by Crippen LogP contribution is -2.01. The van der Waals surface area contributed by atoms with Crippen molar-refractivity contribution >= 4 is 17.0 Å². The number of nitrogens with zero attached hydrogens (tertiary/aromatic N) is 7. The first kappa shape index (κ1) is 14.3. The third-order valence-corrected chi connectivity index (χ3v) is 4.13. The number of anilines is 1. The molecular weight excluding hydrogens is 304 g/mol. The highest BCUT2D eigenvalue weighted by Crippen LogP contribution is 2.18. The highest BCUT2D eigenvalue weighted by atomic mass is 15.4. The summed E-state index contributed by atoms with van der Waals surface area (Å²) >= 11 is 0. The van der Waals surface area contributed by atoms with E-state index in [4.69, 9.17) is 5.73 Å². The minimum absolute atomic E-state index is 0.373. The third kappa shape index (κ3) is 2.28. The van der Waals surface area contributed by atoms with Crippen LogP contribution in [-0.4, -0.2) is 34.5 Å². The molecule has 0 aliphatic heterocycles. The number of nitrogen functional groups attached to an aromatic ring is 1. The van der Waals surface area contributed by atoms with Gasteiger partial charge in [-0.1, -0.05) is 17.3 Å². The quantitative estimate of drug-likeness (QED) is 0.616. The molecule has 2 N–H and O–H groups in total. The van der Waals surface area contributed by atoms with E-state index in [0.29, 0.717) is 23.5 Å². The molecule has 4 aromatic rings. The second-order valence-corrected chi connectivity index (χ2v) is 5.68. The maximum atomic E-state index is 5.81. The van der Waals surface area contributed by atoms with Crippen molar-refractivity contribution in [2.75, 3.05) is 5.73 Å². The van der Waals surface area contributed by atoms with Gasteiger partial charge >= 0.3 is 0 Å². The van der Waals surface area contributed by atoms with Crippen LogP contribution in [0.3, 0.4) is 0 Å². The van der Waals surface area contributed by atoms with E-state index in [9.17, 15) is 0 Å². The van der Waals surface area contributed by atoms with Crippen molar-refractivity contribution in [3.63, 3.8) is 0 Å². The normalized spacial score (nSPS) is 11.2. The molecule has 0 radical (unpaired) electrons. The lowest BCUT2D eigenvalue weighted by atomic mass is 10.1. The predicted molar refractivity (Wildman–Crippen MR) is 89.7 cm³/mol. The van der Waals surface area contributed by atoms with Gasteiger partial charge in [-0.25, -0.2) is 19.6 Å². The summed E-state index contributed by atoms with van der Waals surface area (Å²) in [6, 6.07) is 6.13. The summed E-state index contributed by atoms with van der Waals surface area (Å²) in [6.45, 7) is 4.67. The number of aryl methyl sites for hydroxylation is 1. The molecular formula is C16H16N8. The van der Waals surface area contributed by atoms with E-state index in [0.717, 1.165) is 11.4 Å². The fraction of sp³-hybridized carbons (Fsp3) is 0.188. The van der Waals surface area contributed by atoms with Crippen LogP contribution >= 0.6 is 0 Å². The zero-order valence-corrected chi connectivity index (χ0v) is 13.4. The Morgan fingerprint density at radius 2 is 2.00 bits per heavy atom. The zero-order chi connectivity index (χ0) is 16.7. The Kier molecular flexibility index (Phi) is 3.23. The Labute approximate surface area is 138 Å². The Morgan fingerprint density at radius 3 is 2.88 bits per heavy atom. The molecule has 0 atom stereocenters. The average molecular weight is 320 g/mol. The number of aromatic nitrogens is 7. The molecule has 0 saturated heterocycles. The zero-order valence-electron chi connectivity index (χ0n) is 13.4. The van der Waals surface area contributed by atoms with Gasteiger partial charge in [-0.3, -0.25) is 0 Å². The van der Waals surface area contributed by atoms with E-state index >= 15 is 0 Å². The van der Waals surface area contributed by atoms with Crippen molar-refractivity contribution in [3.05, 3.63) is 53.9 Å². The summed E-state index contributed by atoms with van der Waals surface area (Å²) in [5.74, 6) is 0.373. The molecule has 8 nitrogen and oxygen atoms in total. The van der Waals surface area contributed by atoms with Crippen LogP contribution in [0.15, 0.2) is 37.1 Å². The van der Waals surface area contributed by atoms with Crippen LogP contribution in [0.4, 0.5) is 5.82 Å². The topological polar surface area (TPSA) is 100 Å². The summed E-state index contributed by atoms with van der Waals surface area (Å²) < 4.78 is 3.67. The number of hydrogen-bond donors (Lipinski definition) is 1. The lowest BCUT2D eigenvalue weighted by Gasteiger charge is -2.07. The monoisotopic (exact) mass is 320 g/mol. The van der Waals surface area contributed by atoms with Gasteiger partial charge in [0.2, 0.25) is 0 Å². The highest BCUT2D eigenvalue weighted by molar-refractivity contribution is 5.81. The summed E-state index contributed by atoms with van der Waals surface area (Å²) in [5, 5.41) is 8.50. The first-order chi connectivity index (χ1) is 11.6. The van der Waals surface area contributed by atoms with E-state index in [1.807, 2.05) is 22.9 Å². The van der Waals surface area contributed by atoms with Crippen molar-refractivity contribution in [1.29, 1.82) is 0 Å². The molecule has 0 aliphatic carbocycles. The Morgan fingerprint density at radius 1 is 1.12 bits per heavy atom. The van der Waals surface area contributed by atoms with Gasteiger partial charge in [-0.2, -0.15) is 0 Å². The average Bonchev–Trinajstić information content (AvgIpc) is 3.19. The van der Waals surface area contributed by atoms with Crippen molar-refractivity contribution in [3.8, 4) is 5.69 Å². The van der Waals surface area contributed by atoms with Gasteiger partial charge in [0.25, 0.3) is 0 Å². The first-order valence-corrected chi connectivity index (χ1v) is 7.52. The van der Waals surface area contributed by atoms with E-state index in [1.54, 1.807) is 11.0 Å². The maximum Gasteiger partial charge on any atom is 0.165 e. The molecule has 4 rings (SSSR count). The van der Waals surface area contributed by atoms with Gasteiger partial charge in [0.1, 0.15) is 17.5 Å². The van der Waals surface area contributed by atoms with E-state index < -0.39 is 0 Å². The van der Waals surface area contributed by atoms with Crippen LogP contribution in [0.2, 0.25) is 0 Å². The summed E-state index contributed by atoms with van der Waals surface area (Å²) in [4.78, 5) is 12.5. The van der Waals surface area contributed by atoms with Crippen LogP contribution in [0, 0.1) is 13.8 Å². The Hall–Kier alpha value is -3.29. The minimum atomic E-state index is 0.373. The lowest BCUT2D eigenvalue weighted by molar-refractivity contribution is 0.764. The molecule has 0 amide bonds. The summed E-state index contributed by atoms with van der Waals surface area (Å²) in [6.07, 6.45) is 5.04. The van der Waals surface area contributed by atoms with Crippen LogP contribution in [0.25, 0.3) is 16.9 Å². The first-order valence-electron chi connectivity index (χ1n) is 7.52. The SMILES string of the molecule is Cc1cccc(-n2cc(Cn3cnc4c(N)ncnc43)nn2)c1C. The number of rotatable bonds is 3. The van der Waals surface area contributed by atoms with Crippen molar-refractivity contribution in [2.24, 2.45) is 0 Å². The van der Waals surface area contributed by atoms with Gasteiger partial charge in [0.05, 0.1) is 24.8 Å². The van der Waals surface area contributed by atoms with Crippen molar-refractivity contribution < 1.29 is 0 Å². The fourth-order valence-electron chi connectivity index (χ4n) is 2.66. The van der Waals surface area contributed by atoms with Crippen LogP contribution in [0.1, 0.15) is 16.8 Å². The Bertz CT molecular complexity index is 1030. The molecule has 1 aromatic carbocycles. The van der Waals surface area contributed by atoms with Gasteiger partial charge in [-0.05, 0) is 31.0 Å². The molecule has 3 heterocycles. The van der Waals surface area contributed by atoms with Crippen LogP contribution in [-0.2, 0) is 6.54 Å². The van der Waals surface area contributed by atoms with Crippen molar-refractivity contribution in [1.82, 2.24) is 34.5 Å².